The molecule has 0 saturated heterocycles. The first-order valence-corrected chi connectivity index (χ1v) is 5.05. The highest BCUT2D eigenvalue weighted by Crippen LogP contribution is 2.25. The van der Waals surface area contributed by atoms with Crippen LogP contribution in [0.25, 0.3) is 0 Å². The third-order valence-corrected chi connectivity index (χ3v) is 2.58. The lowest BCUT2D eigenvalue weighted by molar-refractivity contribution is 0.400. The van der Waals surface area contributed by atoms with Crippen LogP contribution in [0.15, 0.2) is 4.52 Å². The van der Waals surface area contributed by atoms with Crippen molar-refractivity contribution in [2.75, 3.05) is 0 Å². The van der Waals surface area contributed by atoms with Crippen LogP contribution >= 0.6 is 24.0 Å². The van der Waals surface area contributed by atoms with Crippen LogP contribution in [0, 0.1) is 4.84 Å². The standard InChI is InChI=1S/C7H12N2OS2/c1-7(2,3)12-4-5-8-6(11)10-9-5/h4H2,1-3H3,(H,8,9,11). The lowest BCUT2D eigenvalue weighted by atomic mass is 10.3. The van der Waals surface area contributed by atoms with E-state index in [0.717, 1.165) is 11.6 Å². The first-order chi connectivity index (χ1) is 5.47. The molecule has 0 bridgehead atoms. The van der Waals surface area contributed by atoms with Crippen LogP contribution < -0.4 is 0 Å². The summed E-state index contributed by atoms with van der Waals surface area (Å²) in [4.78, 5) is 4.26. The van der Waals surface area contributed by atoms with E-state index in [9.17, 15) is 0 Å². The van der Waals surface area contributed by atoms with Crippen molar-refractivity contribution in [1.82, 2.24) is 10.1 Å². The van der Waals surface area contributed by atoms with Gasteiger partial charge in [0.05, 0.1) is 5.75 Å². The second-order valence-electron chi connectivity index (χ2n) is 3.43. The quantitative estimate of drug-likeness (QED) is 0.752. The summed E-state index contributed by atoms with van der Waals surface area (Å²) in [5, 5.41) is 2.67. The van der Waals surface area contributed by atoms with Gasteiger partial charge in [-0.1, -0.05) is 20.8 Å². The van der Waals surface area contributed by atoms with Gasteiger partial charge in [-0.2, -0.15) is 4.98 Å². The van der Waals surface area contributed by atoms with Crippen LogP contribution in [0.4, 0.5) is 0 Å². The monoisotopic (exact) mass is 204 g/mol. The summed E-state index contributed by atoms with van der Waals surface area (Å²) in [5.74, 6) is 1.61. The molecule has 1 rings (SSSR count). The fourth-order valence-electron chi connectivity index (χ4n) is 0.605. The van der Waals surface area contributed by atoms with Crippen molar-refractivity contribution in [2.45, 2.75) is 31.3 Å². The van der Waals surface area contributed by atoms with Crippen LogP contribution in [0.3, 0.4) is 0 Å². The molecule has 0 saturated carbocycles. The first-order valence-electron chi connectivity index (χ1n) is 3.66. The van der Waals surface area contributed by atoms with Gasteiger partial charge in [-0.25, -0.2) is 5.16 Å². The normalized spacial score (nSPS) is 11.9. The fourth-order valence-corrected chi connectivity index (χ4v) is 1.45. The van der Waals surface area contributed by atoms with E-state index in [0.29, 0.717) is 0 Å². The average molecular weight is 204 g/mol. The Balaban J connectivity index is 2.49. The molecule has 68 valence electrons. The molecule has 1 aromatic heterocycles. The predicted molar refractivity (Wildman–Crippen MR) is 52.7 cm³/mol. The Labute approximate surface area is 80.9 Å². The van der Waals surface area contributed by atoms with E-state index in [2.05, 4.69) is 30.9 Å². The van der Waals surface area contributed by atoms with E-state index >= 15 is 0 Å². The molecular formula is C7H12N2OS2. The molecule has 0 aliphatic carbocycles. The molecule has 0 spiro atoms. The Kier molecular flexibility index (Phi) is 2.95. The predicted octanol–water partition coefficient (Wildman–Crippen LogP) is 2.76. The number of H-pyrrole nitrogens is 1. The number of hydrogen-bond donors (Lipinski definition) is 1. The number of rotatable bonds is 2. The maximum absolute atomic E-state index is 4.80. The molecule has 0 aromatic carbocycles. The highest BCUT2D eigenvalue weighted by atomic mass is 32.2. The largest absolute Gasteiger partial charge is 0.348 e. The number of aromatic amines is 1. The van der Waals surface area contributed by atoms with Gasteiger partial charge in [-0.05, 0) is 12.2 Å². The average Bonchev–Trinajstić information content (AvgIpc) is 2.30. The van der Waals surface area contributed by atoms with E-state index in [1.165, 1.54) is 0 Å². The van der Waals surface area contributed by atoms with Gasteiger partial charge in [0.25, 0.3) is 0 Å². The van der Waals surface area contributed by atoms with E-state index in [1.54, 1.807) is 11.8 Å². The highest BCUT2D eigenvalue weighted by Gasteiger charge is 2.11. The topological polar surface area (TPSA) is 41.8 Å². The van der Waals surface area contributed by atoms with Gasteiger partial charge < -0.3 is 4.52 Å². The highest BCUT2D eigenvalue weighted by molar-refractivity contribution is 7.99. The van der Waals surface area contributed by atoms with Gasteiger partial charge in [-0.3, -0.25) is 0 Å². The molecule has 1 aromatic rings. The van der Waals surface area contributed by atoms with E-state index in [1.807, 2.05) is 0 Å². The van der Waals surface area contributed by atoms with E-state index < -0.39 is 0 Å². The first kappa shape index (κ1) is 9.80. The van der Waals surface area contributed by atoms with Crippen LogP contribution in [0.2, 0.25) is 0 Å². The Bertz CT molecular complexity index is 297. The molecular weight excluding hydrogens is 192 g/mol. The maximum atomic E-state index is 4.80. The van der Waals surface area contributed by atoms with Gasteiger partial charge >= 0.3 is 4.84 Å². The lowest BCUT2D eigenvalue weighted by Gasteiger charge is -2.15. The maximum Gasteiger partial charge on any atom is 0.314 e. The molecule has 0 radical (unpaired) electrons. The Morgan fingerprint density at radius 3 is 2.67 bits per heavy atom. The minimum Gasteiger partial charge on any atom is -0.348 e. The number of nitrogens with zero attached hydrogens (tertiary/aromatic N) is 1. The summed E-state index contributed by atoms with van der Waals surface area (Å²) in [6.45, 7) is 6.48. The Hall–Kier alpha value is -0.290. The molecule has 0 aliphatic rings. The SMILES string of the molecule is CC(C)(C)SCc1nc(=S)o[nH]1. The summed E-state index contributed by atoms with van der Waals surface area (Å²) in [7, 11) is 0. The third-order valence-electron chi connectivity index (χ3n) is 1.12. The van der Waals surface area contributed by atoms with Crippen molar-refractivity contribution in [3.8, 4) is 0 Å². The molecule has 0 fully saturated rings. The second-order valence-corrected chi connectivity index (χ2v) is 5.58. The molecule has 3 nitrogen and oxygen atoms in total. The molecule has 0 amide bonds. The molecule has 0 atom stereocenters. The van der Waals surface area contributed by atoms with E-state index in [4.69, 9.17) is 16.7 Å². The van der Waals surface area contributed by atoms with Crippen molar-refractivity contribution in [2.24, 2.45) is 0 Å². The minimum absolute atomic E-state index is 0.244. The van der Waals surface area contributed by atoms with Gasteiger partial charge in [0, 0.05) is 4.75 Å². The van der Waals surface area contributed by atoms with Gasteiger partial charge in [0.2, 0.25) is 0 Å². The van der Waals surface area contributed by atoms with Gasteiger partial charge in [-0.15, -0.1) is 11.8 Å². The second kappa shape index (κ2) is 3.62. The summed E-state index contributed by atoms with van der Waals surface area (Å²) in [5.41, 5.74) is 0. The summed E-state index contributed by atoms with van der Waals surface area (Å²) in [6, 6.07) is 0. The number of thioether (sulfide) groups is 1. The van der Waals surface area contributed by atoms with Crippen molar-refractivity contribution in [3.63, 3.8) is 0 Å². The lowest BCUT2D eigenvalue weighted by Crippen LogP contribution is -2.07. The van der Waals surface area contributed by atoms with Crippen molar-refractivity contribution in [3.05, 3.63) is 10.7 Å². The van der Waals surface area contributed by atoms with Crippen molar-refractivity contribution >= 4 is 24.0 Å². The fraction of sp³-hybridized carbons (Fsp3) is 0.714. The Morgan fingerprint density at radius 1 is 1.58 bits per heavy atom. The van der Waals surface area contributed by atoms with Crippen LogP contribution in [-0.2, 0) is 5.75 Å². The molecule has 0 aliphatic heterocycles. The molecule has 0 unspecified atom stereocenters. The van der Waals surface area contributed by atoms with Gasteiger partial charge in [0.15, 0.2) is 5.82 Å². The van der Waals surface area contributed by atoms with Crippen molar-refractivity contribution < 1.29 is 4.52 Å². The van der Waals surface area contributed by atoms with Gasteiger partial charge in [0.1, 0.15) is 0 Å². The summed E-state index contributed by atoms with van der Waals surface area (Å²) in [6.07, 6.45) is 0. The molecule has 5 heteroatoms. The van der Waals surface area contributed by atoms with Crippen LogP contribution in [0.1, 0.15) is 26.6 Å². The minimum atomic E-state index is 0.244. The van der Waals surface area contributed by atoms with Crippen LogP contribution in [0.5, 0.6) is 0 Å². The zero-order valence-electron chi connectivity index (χ0n) is 7.38. The number of hydrogen-bond acceptors (Lipinski definition) is 4. The Morgan fingerprint density at radius 2 is 2.25 bits per heavy atom. The number of nitrogens with one attached hydrogen (secondary N) is 1. The zero-order chi connectivity index (χ0) is 9.19. The number of aromatic nitrogens is 2. The van der Waals surface area contributed by atoms with Crippen LogP contribution in [-0.4, -0.2) is 14.9 Å². The van der Waals surface area contributed by atoms with E-state index in [-0.39, 0.29) is 9.58 Å². The molecule has 1 N–H and O–H groups in total. The van der Waals surface area contributed by atoms with Crippen molar-refractivity contribution in [1.29, 1.82) is 0 Å². The summed E-state index contributed by atoms with van der Waals surface area (Å²) >= 11 is 6.52. The molecule has 12 heavy (non-hydrogen) atoms. The summed E-state index contributed by atoms with van der Waals surface area (Å²) < 4.78 is 5.04. The zero-order valence-corrected chi connectivity index (χ0v) is 9.01. The molecule has 1 heterocycles. The smallest absolute Gasteiger partial charge is 0.314 e. The third kappa shape index (κ3) is 3.40.